The molecule has 0 N–H and O–H groups in total. The van der Waals surface area contributed by atoms with Crippen LogP contribution in [-0.4, -0.2) is 124 Å². The van der Waals surface area contributed by atoms with Gasteiger partial charge in [-0.2, -0.15) is 0 Å². The van der Waals surface area contributed by atoms with Crippen LogP contribution in [0.25, 0.3) is 32.4 Å². The quantitative estimate of drug-likeness (QED) is 0.107. The number of imidazole rings is 2. The van der Waals surface area contributed by atoms with E-state index in [2.05, 4.69) is 20.2 Å². The lowest BCUT2D eigenvalue weighted by Gasteiger charge is -2.33. The molecule has 2 atom stereocenters. The molecule has 6 aromatic rings. The van der Waals surface area contributed by atoms with Gasteiger partial charge in [-0.05, 0) is 131 Å². The van der Waals surface area contributed by atoms with Crippen molar-refractivity contribution in [2.75, 3.05) is 51.9 Å². The van der Waals surface area contributed by atoms with Gasteiger partial charge in [-0.3, -0.25) is 0 Å². The molecule has 0 radical (unpaired) electrons. The molecule has 0 saturated carbocycles. The Morgan fingerprint density at radius 1 is 0.750 bits per heavy atom. The number of halogens is 2. The SMILES string of the molecule is CCOC(=O)N1CCC(C(C)Oc2nn3cc(-c4ccc(S(C)(=O)=O)cc4F)nc3s2)CC1.CCOC(=O)N1CCC(C(C)Oc2nn3cc(-c4ccc(SC)cc4F)nc3s2)CC1. The van der Waals surface area contributed by atoms with Gasteiger partial charge in [0, 0.05) is 48.5 Å². The van der Waals surface area contributed by atoms with Gasteiger partial charge in [-0.15, -0.1) is 22.0 Å². The Labute approximate surface area is 381 Å². The molecular formula is C42H50F2N8O8S4. The number of carbonyl (C=O) groups is 2. The van der Waals surface area contributed by atoms with Crippen molar-refractivity contribution < 1.29 is 45.7 Å². The zero-order chi connectivity index (χ0) is 45.7. The zero-order valence-electron chi connectivity index (χ0n) is 36.2. The van der Waals surface area contributed by atoms with Crippen LogP contribution >= 0.6 is 34.4 Å². The van der Waals surface area contributed by atoms with Gasteiger partial charge in [0.15, 0.2) is 9.84 Å². The molecule has 2 aromatic carbocycles. The minimum atomic E-state index is -3.49. The summed E-state index contributed by atoms with van der Waals surface area (Å²) >= 11 is 4.08. The molecular weight excluding hydrogens is 911 g/mol. The minimum absolute atomic E-state index is 0.0313. The molecule has 4 aromatic heterocycles. The predicted molar refractivity (Wildman–Crippen MR) is 240 cm³/mol. The van der Waals surface area contributed by atoms with Crippen LogP contribution in [0, 0.1) is 23.5 Å². The molecule has 6 heterocycles. The number of nitrogens with zero attached hydrogens (tertiary/aromatic N) is 8. The number of amides is 2. The van der Waals surface area contributed by atoms with Gasteiger partial charge in [0.2, 0.25) is 9.92 Å². The summed E-state index contributed by atoms with van der Waals surface area (Å²) in [5.74, 6) is -0.341. The smallest absolute Gasteiger partial charge is 0.409 e. The molecule has 2 amide bonds. The Kier molecular flexibility index (Phi) is 15.0. The second-order valence-corrected chi connectivity index (χ2v) is 20.1. The first-order valence-electron chi connectivity index (χ1n) is 20.9. The molecule has 2 saturated heterocycles. The number of hydrogen-bond acceptors (Lipinski definition) is 15. The van der Waals surface area contributed by atoms with Gasteiger partial charge in [0.1, 0.15) is 23.8 Å². The molecule has 0 bridgehead atoms. The number of ether oxygens (including phenoxy) is 4. The maximum Gasteiger partial charge on any atom is 0.409 e. The van der Waals surface area contributed by atoms with Gasteiger partial charge < -0.3 is 28.7 Å². The number of benzene rings is 2. The van der Waals surface area contributed by atoms with E-state index in [4.69, 9.17) is 18.9 Å². The molecule has 2 fully saturated rings. The van der Waals surface area contributed by atoms with Crippen LogP contribution in [0.5, 0.6) is 10.4 Å². The van der Waals surface area contributed by atoms with E-state index in [9.17, 15) is 26.8 Å². The molecule has 0 aliphatic carbocycles. The summed E-state index contributed by atoms with van der Waals surface area (Å²) in [7, 11) is -3.49. The van der Waals surface area contributed by atoms with E-state index in [1.807, 2.05) is 33.1 Å². The van der Waals surface area contributed by atoms with Crippen LogP contribution in [0.2, 0.25) is 0 Å². The highest BCUT2D eigenvalue weighted by Gasteiger charge is 2.30. The molecule has 64 heavy (non-hydrogen) atoms. The predicted octanol–water partition coefficient (Wildman–Crippen LogP) is 8.59. The average Bonchev–Trinajstić information content (AvgIpc) is 4.04. The van der Waals surface area contributed by atoms with Crippen molar-refractivity contribution in [3.05, 3.63) is 60.4 Å². The van der Waals surface area contributed by atoms with Gasteiger partial charge in [0.05, 0.1) is 41.9 Å². The Balaban J connectivity index is 0.000000192. The first-order chi connectivity index (χ1) is 30.6. The first kappa shape index (κ1) is 46.9. The molecule has 16 nitrogen and oxygen atoms in total. The molecule has 0 spiro atoms. The summed E-state index contributed by atoms with van der Waals surface area (Å²) < 4.78 is 77.5. The minimum Gasteiger partial charge on any atom is -0.466 e. The first-order valence-corrected chi connectivity index (χ1v) is 25.6. The number of fused-ring (bicyclic) bond motifs is 2. The normalized spacial score (nSPS) is 16.1. The third-order valence-electron chi connectivity index (χ3n) is 11.2. The number of piperidine rings is 2. The Hall–Kier alpha value is -5.06. The number of aromatic nitrogens is 6. The van der Waals surface area contributed by atoms with Gasteiger partial charge in [0.25, 0.3) is 10.4 Å². The number of likely N-dealkylation sites (tertiary alicyclic amines) is 2. The zero-order valence-corrected chi connectivity index (χ0v) is 39.5. The second kappa shape index (κ2) is 20.4. The van der Waals surface area contributed by atoms with Crippen molar-refractivity contribution in [1.29, 1.82) is 0 Å². The Bertz CT molecular complexity index is 2630. The number of carbonyl (C=O) groups excluding carboxylic acids is 2. The molecule has 22 heteroatoms. The molecule has 2 aliphatic heterocycles. The van der Waals surface area contributed by atoms with Crippen LogP contribution in [-0.2, 0) is 19.3 Å². The van der Waals surface area contributed by atoms with Crippen LogP contribution in [0.4, 0.5) is 18.4 Å². The monoisotopic (exact) mass is 960 g/mol. The standard InChI is InChI=1S/C21H25FN4O5S2.C21H25FN4O3S2/c1-4-30-21(27)25-9-7-14(8-10-25)13(2)31-20-24-26-12-18(23-19(26)32-20)16-6-5-15(11-17(16)22)33(3,28)29;1-4-28-21(27)25-9-7-14(8-10-25)13(2)29-20-24-26-12-18(23-19(26)31-20)16-6-5-15(30-3)11-17(16)22/h5-6,11-14H,4,7-10H2,1-3H3;5-6,11-14H,4,7-10H2,1-3H3. The fourth-order valence-corrected chi connectivity index (χ4v) is 10.2. The highest BCUT2D eigenvalue weighted by Crippen LogP contribution is 2.33. The van der Waals surface area contributed by atoms with E-state index in [0.717, 1.165) is 42.9 Å². The summed E-state index contributed by atoms with van der Waals surface area (Å²) in [4.78, 5) is 38.1. The number of rotatable bonds is 12. The number of hydrogen-bond donors (Lipinski definition) is 0. The number of sulfone groups is 1. The summed E-state index contributed by atoms with van der Waals surface area (Å²) in [6.45, 7) is 11.0. The molecule has 344 valence electrons. The van der Waals surface area contributed by atoms with Crippen molar-refractivity contribution in [1.82, 2.24) is 39.0 Å². The van der Waals surface area contributed by atoms with Crippen molar-refractivity contribution in [3.8, 4) is 32.9 Å². The lowest BCUT2D eigenvalue weighted by molar-refractivity contribution is 0.0655. The molecule has 2 aliphatic rings. The fraction of sp³-hybridized carbons (Fsp3) is 0.476. The van der Waals surface area contributed by atoms with Crippen molar-refractivity contribution in [2.45, 2.75) is 75.4 Å². The maximum absolute atomic E-state index is 14.5. The van der Waals surface area contributed by atoms with Gasteiger partial charge >= 0.3 is 12.2 Å². The Morgan fingerprint density at radius 2 is 1.19 bits per heavy atom. The molecule has 8 rings (SSSR count). The maximum atomic E-state index is 14.5. The van der Waals surface area contributed by atoms with E-state index in [0.29, 0.717) is 82.6 Å². The van der Waals surface area contributed by atoms with E-state index in [-0.39, 0.29) is 46.6 Å². The van der Waals surface area contributed by atoms with E-state index < -0.39 is 15.7 Å². The van der Waals surface area contributed by atoms with Crippen molar-refractivity contribution in [3.63, 3.8) is 0 Å². The molecule has 2 unspecified atom stereocenters. The highest BCUT2D eigenvalue weighted by atomic mass is 32.2. The fourth-order valence-electron chi connectivity index (χ4n) is 7.53. The van der Waals surface area contributed by atoms with Crippen LogP contribution in [0.3, 0.4) is 0 Å². The summed E-state index contributed by atoms with van der Waals surface area (Å²) in [6, 6.07) is 8.90. The van der Waals surface area contributed by atoms with E-state index in [1.54, 1.807) is 39.7 Å². The van der Waals surface area contributed by atoms with Gasteiger partial charge in [-0.25, -0.2) is 45.8 Å². The van der Waals surface area contributed by atoms with Crippen molar-refractivity contribution in [2.24, 2.45) is 11.8 Å². The summed E-state index contributed by atoms with van der Waals surface area (Å²) in [5.41, 5.74) is 1.57. The van der Waals surface area contributed by atoms with Crippen LogP contribution < -0.4 is 9.47 Å². The average molecular weight is 961 g/mol. The van der Waals surface area contributed by atoms with Crippen LogP contribution in [0.1, 0.15) is 53.4 Å². The number of thioether (sulfide) groups is 1. The highest BCUT2D eigenvalue weighted by molar-refractivity contribution is 7.98. The third-order valence-corrected chi connectivity index (χ3v) is 14.6. The third kappa shape index (κ3) is 11.1. The Morgan fingerprint density at radius 3 is 1.56 bits per heavy atom. The lowest BCUT2D eigenvalue weighted by atomic mass is 9.92. The topological polar surface area (TPSA) is 172 Å². The van der Waals surface area contributed by atoms with Crippen molar-refractivity contribution >= 4 is 66.4 Å². The largest absolute Gasteiger partial charge is 0.466 e. The second-order valence-electron chi connectivity index (χ2n) is 15.4. The lowest BCUT2D eigenvalue weighted by Crippen LogP contribution is -2.42. The summed E-state index contributed by atoms with van der Waals surface area (Å²) in [5, 5.41) is 9.85. The van der Waals surface area contributed by atoms with E-state index >= 15 is 0 Å². The van der Waals surface area contributed by atoms with Crippen LogP contribution in [0.15, 0.2) is 58.6 Å². The van der Waals surface area contributed by atoms with Gasteiger partial charge in [-0.1, -0.05) is 0 Å². The van der Waals surface area contributed by atoms with E-state index in [1.165, 1.54) is 57.1 Å². The summed E-state index contributed by atoms with van der Waals surface area (Å²) in [6.07, 6.45) is 8.96.